The van der Waals surface area contributed by atoms with Crippen LogP contribution >= 0.6 is 0 Å². The zero-order valence-corrected chi connectivity index (χ0v) is 12.1. The van der Waals surface area contributed by atoms with Crippen molar-refractivity contribution in [2.24, 2.45) is 0 Å². The largest absolute Gasteiger partial charge is 0.341 e. The highest BCUT2D eigenvalue weighted by molar-refractivity contribution is 7.92. The monoisotopic (exact) mass is 276 g/mol. The number of likely N-dealkylation sites (N-methyl/N-ethyl adjacent to an activating group) is 1. The Labute approximate surface area is 110 Å². The number of amides is 1. The second-order valence-corrected chi connectivity index (χ2v) is 7.13. The zero-order chi connectivity index (χ0) is 13.6. The van der Waals surface area contributed by atoms with Gasteiger partial charge in [0.2, 0.25) is 5.91 Å². The van der Waals surface area contributed by atoms with Crippen molar-refractivity contribution in [1.29, 1.82) is 0 Å². The first-order chi connectivity index (χ1) is 8.46. The van der Waals surface area contributed by atoms with Gasteiger partial charge in [-0.2, -0.15) is 0 Å². The molecule has 0 aromatic carbocycles. The van der Waals surface area contributed by atoms with Gasteiger partial charge in [-0.25, -0.2) is 8.42 Å². The minimum atomic E-state index is -3.24. The normalized spacial score (nSPS) is 20.0. The van der Waals surface area contributed by atoms with Crippen molar-refractivity contribution in [2.75, 3.05) is 31.6 Å². The van der Waals surface area contributed by atoms with Crippen LogP contribution in [0.3, 0.4) is 0 Å². The molecule has 0 bridgehead atoms. The van der Waals surface area contributed by atoms with E-state index in [1.54, 1.807) is 11.9 Å². The van der Waals surface area contributed by atoms with Crippen LogP contribution in [0.4, 0.5) is 0 Å². The Balaban J connectivity index is 2.42. The molecule has 0 saturated carbocycles. The van der Waals surface area contributed by atoms with Crippen molar-refractivity contribution >= 4 is 15.7 Å². The van der Waals surface area contributed by atoms with E-state index in [2.05, 4.69) is 5.32 Å². The lowest BCUT2D eigenvalue weighted by molar-refractivity contribution is -0.128. The topological polar surface area (TPSA) is 66.5 Å². The highest BCUT2D eigenvalue weighted by Gasteiger charge is 2.26. The Morgan fingerprint density at radius 1 is 1.39 bits per heavy atom. The Morgan fingerprint density at radius 2 is 2.11 bits per heavy atom. The molecule has 1 saturated heterocycles. The molecule has 1 aliphatic rings. The molecular formula is C12H24N2O3S. The quantitative estimate of drug-likeness (QED) is 0.684. The summed E-state index contributed by atoms with van der Waals surface area (Å²) in [6.07, 6.45) is 3.44. The van der Waals surface area contributed by atoms with E-state index in [-0.39, 0.29) is 23.5 Å². The summed E-state index contributed by atoms with van der Waals surface area (Å²) in [6.45, 7) is 3.68. The number of hydrogen-bond acceptors (Lipinski definition) is 4. The standard InChI is InChI=1S/C12H24N2O3S/c1-3-4-5-8-18(16,17)10-12(15)14(2)11-6-7-13-9-11/h11,13H,3-10H2,1-2H3. The maximum atomic E-state index is 11.9. The van der Waals surface area contributed by atoms with E-state index in [9.17, 15) is 13.2 Å². The van der Waals surface area contributed by atoms with Crippen LogP contribution in [0.1, 0.15) is 32.6 Å². The van der Waals surface area contributed by atoms with Gasteiger partial charge < -0.3 is 10.2 Å². The molecule has 1 atom stereocenters. The molecule has 18 heavy (non-hydrogen) atoms. The lowest BCUT2D eigenvalue weighted by Crippen LogP contribution is -2.41. The van der Waals surface area contributed by atoms with E-state index in [1.165, 1.54) is 0 Å². The first-order valence-corrected chi connectivity index (χ1v) is 8.45. The van der Waals surface area contributed by atoms with Crippen LogP contribution in [0.5, 0.6) is 0 Å². The van der Waals surface area contributed by atoms with E-state index in [1.807, 2.05) is 6.92 Å². The summed E-state index contributed by atoms with van der Waals surface area (Å²) in [5.41, 5.74) is 0. The maximum absolute atomic E-state index is 11.9. The van der Waals surface area contributed by atoms with Gasteiger partial charge in [0.1, 0.15) is 5.75 Å². The number of sulfone groups is 1. The van der Waals surface area contributed by atoms with Gasteiger partial charge in [0, 0.05) is 19.6 Å². The lowest BCUT2D eigenvalue weighted by atomic mass is 10.2. The van der Waals surface area contributed by atoms with E-state index in [0.717, 1.165) is 32.4 Å². The van der Waals surface area contributed by atoms with Gasteiger partial charge in [0.25, 0.3) is 0 Å². The highest BCUT2D eigenvalue weighted by atomic mass is 32.2. The summed E-state index contributed by atoms with van der Waals surface area (Å²) < 4.78 is 23.5. The van der Waals surface area contributed by atoms with Gasteiger partial charge in [-0.05, 0) is 19.4 Å². The van der Waals surface area contributed by atoms with Gasteiger partial charge in [-0.3, -0.25) is 4.79 Å². The Kier molecular flexibility index (Phi) is 6.08. The average Bonchev–Trinajstić information content (AvgIpc) is 2.80. The van der Waals surface area contributed by atoms with Crippen molar-refractivity contribution in [3.05, 3.63) is 0 Å². The molecule has 1 amide bonds. The van der Waals surface area contributed by atoms with Crippen molar-refractivity contribution < 1.29 is 13.2 Å². The number of rotatable bonds is 7. The molecule has 0 aromatic heterocycles. The molecule has 1 rings (SSSR count). The van der Waals surface area contributed by atoms with Crippen LogP contribution in [-0.4, -0.2) is 56.9 Å². The molecule has 0 radical (unpaired) electrons. The molecule has 1 unspecified atom stereocenters. The van der Waals surface area contributed by atoms with Gasteiger partial charge >= 0.3 is 0 Å². The molecular weight excluding hydrogens is 252 g/mol. The first-order valence-electron chi connectivity index (χ1n) is 6.63. The number of carbonyl (C=O) groups is 1. The van der Waals surface area contributed by atoms with E-state index < -0.39 is 9.84 Å². The minimum Gasteiger partial charge on any atom is -0.341 e. The zero-order valence-electron chi connectivity index (χ0n) is 11.3. The number of unbranched alkanes of at least 4 members (excludes halogenated alkanes) is 2. The fraction of sp³-hybridized carbons (Fsp3) is 0.917. The third-order valence-electron chi connectivity index (χ3n) is 3.38. The second-order valence-electron chi connectivity index (χ2n) is 4.95. The lowest BCUT2D eigenvalue weighted by Gasteiger charge is -2.23. The highest BCUT2D eigenvalue weighted by Crippen LogP contribution is 2.08. The smallest absolute Gasteiger partial charge is 0.237 e. The first kappa shape index (κ1) is 15.4. The molecule has 1 fully saturated rings. The van der Waals surface area contributed by atoms with Crippen LogP contribution in [0.15, 0.2) is 0 Å². The molecule has 0 aliphatic carbocycles. The van der Waals surface area contributed by atoms with Crippen LogP contribution in [0.2, 0.25) is 0 Å². The predicted molar refractivity (Wildman–Crippen MR) is 72.2 cm³/mol. The minimum absolute atomic E-state index is 0.128. The van der Waals surface area contributed by atoms with Gasteiger partial charge in [-0.1, -0.05) is 19.8 Å². The fourth-order valence-corrected chi connectivity index (χ4v) is 3.48. The molecule has 0 spiro atoms. The predicted octanol–water partition coefficient (Wildman–Crippen LogP) is 0.412. The second kappa shape index (κ2) is 7.09. The SMILES string of the molecule is CCCCCS(=O)(=O)CC(=O)N(C)C1CCNC1. The number of carbonyl (C=O) groups excluding carboxylic acids is 1. The Morgan fingerprint density at radius 3 is 2.67 bits per heavy atom. The van der Waals surface area contributed by atoms with Gasteiger partial charge in [-0.15, -0.1) is 0 Å². The summed E-state index contributed by atoms with van der Waals surface area (Å²) in [7, 11) is -1.54. The van der Waals surface area contributed by atoms with Crippen molar-refractivity contribution in [3.63, 3.8) is 0 Å². The molecule has 1 heterocycles. The molecule has 1 aliphatic heterocycles. The molecule has 6 heteroatoms. The summed E-state index contributed by atoms with van der Waals surface area (Å²) in [4.78, 5) is 13.5. The Hall–Kier alpha value is -0.620. The fourth-order valence-electron chi connectivity index (χ4n) is 2.11. The van der Waals surface area contributed by atoms with Crippen molar-refractivity contribution in [3.8, 4) is 0 Å². The maximum Gasteiger partial charge on any atom is 0.237 e. The van der Waals surface area contributed by atoms with E-state index >= 15 is 0 Å². The average molecular weight is 276 g/mol. The summed E-state index contributed by atoms with van der Waals surface area (Å²) in [5, 5.41) is 3.17. The van der Waals surface area contributed by atoms with Gasteiger partial charge in [0.15, 0.2) is 9.84 Å². The van der Waals surface area contributed by atoms with E-state index in [4.69, 9.17) is 0 Å². The molecule has 5 nitrogen and oxygen atoms in total. The van der Waals surface area contributed by atoms with Crippen LogP contribution in [-0.2, 0) is 14.6 Å². The third kappa shape index (κ3) is 4.94. The third-order valence-corrected chi connectivity index (χ3v) is 4.98. The number of hydrogen-bond donors (Lipinski definition) is 1. The summed E-state index contributed by atoms with van der Waals surface area (Å²) >= 11 is 0. The number of nitrogens with zero attached hydrogens (tertiary/aromatic N) is 1. The van der Waals surface area contributed by atoms with Crippen molar-refractivity contribution in [2.45, 2.75) is 38.6 Å². The molecule has 1 N–H and O–H groups in total. The van der Waals surface area contributed by atoms with E-state index in [0.29, 0.717) is 6.42 Å². The molecule has 0 aromatic rings. The Bertz CT molecular complexity index is 362. The van der Waals surface area contributed by atoms with Crippen molar-refractivity contribution in [1.82, 2.24) is 10.2 Å². The number of nitrogens with one attached hydrogen (secondary N) is 1. The summed E-state index contributed by atoms with van der Waals surface area (Å²) in [5.74, 6) is -0.493. The van der Waals surface area contributed by atoms with Crippen LogP contribution in [0.25, 0.3) is 0 Å². The van der Waals surface area contributed by atoms with Gasteiger partial charge in [0.05, 0.1) is 5.75 Å². The van der Waals surface area contributed by atoms with Crippen LogP contribution < -0.4 is 5.32 Å². The summed E-state index contributed by atoms with van der Waals surface area (Å²) in [6, 6.07) is 0.142. The molecule has 106 valence electrons. The van der Waals surface area contributed by atoms with Crippen LogP contribution in [0, 0.1) is 0 Å².